The lowest BCUT2D eigenvalue weighted by Crippen LogP contribution is -2.30. The molecule has 0 N–H and O–H groups in total. The van der Waals surface area contributed by atoms with Crippen molar-refractivity contribution < 1.29 is 13.2 Å². The lowest BCUT2D eigenvalue weighted by molar-refractivity contribution is 0.138. The normalized spacial score (nSPS) is 12.2. The molecular weight excluding hydrogens is 282 g/mol. The second-order valence-corrected chi connectivity index (χ2v) is 6.71. The van der Waals surface area contributed by atoms with Crippen molar-refractivity contribution >= 4 is 33.0 Å². The average molecular weight is 298 g/mol. The quantitative estimate of drug-likeness (QED) is 0.572. The van der Waals surface area contributed by atoms with Gasteiger partial charge in [-0.1, -0.05) is 0 Å². The van der Waals surface area contributed by atoms with Gasteiger partial charge in [0.2, 0.25) is 10.0 Å². The Hall–Kier alpha value is -0.140. The Morgan fingerprint density at radius 1 is 1.53 bits per heavy atom. The van der Waals surface area contributed by atoms with E-state index in [9.17, 15) is 8.42 Å². The van der Waals surface area contributed by atoms with Gasteiger partial charge in [0, 0.05) is 30.5 Å². The second kappa shape index (κ2) is 6.70. The molecule has 0 saturated carbocycles. The number of halogens is 1. The van der Waals surface area contributed by atoms with Crippen LogP contribution in [0.2, 0.25) is 0 Å². The molecule has 1 rings (SSSR count). The van der Waals surface area contributed by atoms with Crippen molar-refractivity contribution in [2.45, 2.75) is 17.7 Å². The molecule has 0 bridgehead atoms. The molecule has 4 nitrogen and oxygen atoms in total. The van der Waals surface area contributed by atoms with Crippen LogP contribution in [0.15, 0.2) is 16.3 Å². The molecule has 0 unspecified atom stereocenters. The molecule has 0 amide bonds. The summed E-state index contributed by atoms with van der Waals surface area (Å²) in [7, 11) is -1.86. The third-order valence-corrected chi connectivity index (χ3v) is 5.59. The van der Waals surface area contributed by atoms with E-state index in [0.717, 1.165) is 4.88 Å². The fraction of sp³-hybridized carbons (Fsp3) is 0.600. The summed E-state index contributed by atoms with van der Waals surface area (Å²) >= 11 is 7.01. The summed E-state index contributed by atoms with van der Waals surface area (Å²) < 4.78 is 30.6. The standard InChI is InChI=1S/C10H16ClNO3S2/c1-3-15-5-4-12(2)17(13,14)10-6-9(7-11)16-8-10/h6,8H,3-5,7H2,1-2H3. The minimum atomic E-state index is -3.40. The molecule has 1 aromatic rings. The van der Waals surface area contributed by atoms with Crippen LogP contribution in [-0.4, -0.2) is 39.5 Å². The maximum atomic E-state index is 12.1. The van der Waals surface area contributed by atoms with Gasteiger partial charge in [0.1, 0.15) is 0 Å². The van der Waals surface area contributed by atoms with Gasteiger partial charge in [-0.05, 0) is 13.0 Å². The highest BCUT2D eigenvalue weighted by Gasteiger charge is 2.21. The van der Waals surface area contributed by atoms with Crippen molar-refractivity contribution in [2.75, 3.05) is 26.8 Å². The topological polar surface area (TPSA) is 46.6 Å². The van der Waals surface area contributed by atoms with Crippen molar-refractivity contribution in [3.8, 4) is 0 Å². The zero-order valence-electron chi connectivity index (χ0n) is 9.85. The van der Waals surface area contributed by atoms with E-state index in [0.29, 0.717) is 30.5 Å². The van der Waals surface area contributed by atoms with Crippen LogP contribution in [0.25, 0.3) is 0 Å². The number of thiophene rings is 1. The first kappa shape index (κ1) is 14.9. The van der Waals surface area contributed by atoms with Gasteiger partial charge in [0.25, 0.3) is 0 Å². The summed E-state index contributed by atoms with van der Waals surface area (Å²) in [6.45, 7) is 3.21. The van der Waals surface area contributed by atoms with Gasteiger partial charge in [-0.15, -0.1) is 22.9 Å². The maximum Gasteiger partial charge on any atom is 0.243 e. The predicted molar refractivity (Wildman–Crippen MR) is 70.2 cm³/mol. The monoisotopic (exact) mass is 297 g/mol. The van der Waals surface area contributed by atoms with Gasteiger partial charge in [-0.25, -0.2) is 8.42 Å². The number of sulfonamides is 1. The summed E-state index contributed by atoms with van der Waals surface area (Å²) in [5, 5.41) is 1.62. The summed E-state index contributed by atoms with van der Waals surface area (Å²) in [4.78, 5) is 1.15. The van der Waals surface area contributed by atoms with Crippen molar-refractivity contribution in [3.63, 3.8) is 0 Å². The Bertz CT molecular complexity index is 444. The van der Waals surface area contributed by atoms with Crippen LogP contribution in [0.1, 0.15) is 11.8 Å². The highest BCUT2D eigenvalue weighted by atomic mass is 35.5. The van der Waals surface area contributed by atoms with E-state index in [2.05, 4.69) is 0 Å². The number of rotatable bonds is 7. The molecule has 98 valence electrons. The van der Waals surface area contributed by atoms with E-state index in [4.69, 9.17) is 16.3 Å². The molecule has 0 aromatic carbocycles. The number of hydrogen-bond acceptors (Lipinski definition) is 4. The first-order valence-corrected chi connectivity index (χ1v) is 8.05. The van der Waals surface area contributed by atoms with E-state index < -0.39 is 10.0 Å². The van der Waals surface area contributed by atoms with Gasteiger partial charge in [0.05, 0.1) is 17.4 Å². The Morgan fingerprint density at radius 2 is 2.24 bits per heavy atom. The number of nitrogens with zero attached hydrogens (tertiary/aromatic N) is 1. The molecule has 0 saturated heterocycles. The smallest absolute Gasteiger partial charge is 0.243 e. The average Bonchev–Trinajstić information content (AvgIpc) is 2.78. The third kappa shape index (κ3) is 3.93. The minimum absolute atomic E-state index is 0.303. The predicted octanol–water partition coefficient (Wildman–Crippen LogP) is 2.14. The van der Waals surface area contributed by atoms with Crippen LogP contribution >= 0.6 is 22.9 Å². The zero-order valence-corrected chi connectivity index (χ0v) is 12.2. The lowest BCUT2D eigenvalue weighted by Gasteiger charge is -2.15. The van der Waals surface area contributed by atoms with Crippen LogP contribution in [0.5, 0.6) is 0 Å². The molecule has 0 fully saturated rings. The number of hydrogen-bond donors (Lipinski definition) is 0. The van der Waals surface area contributed by atoms with Crippen LogP contribution in [0.3, 0.4) is 0 Å². The molecule has 1 aromatic heterocycles. The summed E-state index contributed by atoms with van der Waals surface area (Å²) in [5.41, 5.74) is 0. The molecule has 0 spiro atoms. The number of alkyl halides is 1. The molecule has 0 aliphatic heterocycles. The van der Waals surface area contributed by atoms with Crippen molar-refractivity contribution in [1.29, 1.82) is 0 Å². The van der Waals surface area contributed by atoms with Gasteiger partial charge >= 0.3 is 0 Å². The highest BCUT2D eigenvalue weighted by Crippen LogP contribution is 2.22. The van der Waals surface area contributed by atoms with Gasteiger partial charge in [0.15, 0.2) is 0 Å². The van der Waals surface area contributed by atoms with E-state index in [1.807, 2.05) is 6.92 Å². The lowest BCUT2D eigenvalue weighted by atomic mass is 10.5. The van der Waals surface area contributed by atoms with Crippen molar-refractivity contribution in [1.82, 2.24) is 4.31 Å². The van der Waals surface area contributed by atoms with E-state index in [1.165, 1.54) is 15.6 Å². The van der Waals surface area contributed by atoms with Crippen molar-refractivity contribution in [3.05, 3.63) is 16.3 Å². The number of likely N-dealkylation sites (N-methyl/N-ethyl adjacent to an activating group) is 1. The molecule has 0 aliphatic rings. The molecule has 0 radical (unpaired) electrons. The first-order chi connectivity index (χ1) is 8.02. The molecule has 17 heavy (non-hydrogen) atoms. The van der Waals surface area contributed by atoms with E-state index in [1.54, 1.807) is 18.5 Å². The summed E-state index contributed by atoms with van der Waals surface area (Å²) in [5.74, 6) is 0.336. The van der Waals surface area contributed by atoms with Gasteiger partial charge in [-0.2, -0.15) is 4.31 Å². The Kier molecular flexibility index (Phi) is 5.88. The molecular formula is C10H16ClNO3S2. The first-order valence-electron chi connectivity index (χ1n) is 5.19. The molecule has 1 heterocycles. The Balaban J connectivity index is 2.73. The molecule has 7 heteroatoms. The SMILES string of the molecule is CCOCCN(C)S(=O)(=O)c1csc(CCl)c1. The second-order valence-electron chi connectivity index (χ2n) is 3.41. The minimum Gasteiger partial charge on any atom is -0.380 e. The van der Waals surface area contributed by atoms with Gasteiger partial charge in [-0.3, -0.25) is 0 Å². The largest absolute Gasteiger partial charge is 0.380 e. The van der Waals surface area contributed by atoms with Crippen LogP contribution < -0.4 is 0 Å². The summed E-state index contributed by atoms with van der Waals surface area (Å²) in [6.07, 6.45) is 0. The van der Waals surface area contributed by atoms with Crippen LogP contribution in [0, 0.1) is 0 Å². The highest BCUT2D eigenvalue weighted by molar-refractivity contribution is 7.89. The van der Waals surface area contributed by atoms with Crippen LogP contribution in [0.4, 0.5) is 0 Å². The van der Waals surface area contributed by atoms with E-state index >= 15 is 0 Å². The molecule has 0 aliphatic carbocycles. The molecule has 0 atom stereocenters. The van der Waals surface area contributed by atoms with Crippen LogP contribution in [-0.2, 0) is 20.6 Å². The maximum absolute atomic E-state index is 12.1. The Labute approximate surface area is 111 Å². The zero-order chi connectivity index (χ0) is 12.9. The van der Waals surface area contributed by atoms with Gasteiger partial charge < -0.3 is 4.74 Å². The van der Waals surface area contributed by atoms with Crippen molar-refractivity contribution in [2.24, 2.45) is 0 Å². The fourth-order valence-corrected chi connectivity index (χ4v) is 3.73. The third-order valence-electron chi connectivity index (χ3n) is 2.22. The number of ether oxygens (including phenoxy) is 1. The fourth-order valence-electron chi connectivity index (χ4n) is 1.20. The van der Waals surface area contributed by atoms with E-state index in [-0.39, 0.29) is 0 Å². The summed E-state index contributed by atoms with van der Waals surface area (Å²) in [6, 6.07) is 1.62. The Morgan fingerprint density at radius 3 is 2.76 bits per heavy atom.